The highest BCUT2D eigenvalue weighted by Crippen LogP contribution is 2.26. The van der Waals surface area contributed by atoms with Gasteiger partial charge < -0.3 is 10.5 Å². The quantitative estimate of drug-likeness (QED) is 0.572. The first-order valence-electron chi connectivity index (χ1n) is 5.72. The van der Waals surface area contributed by atoms with Gasteiger partial charge in [0.05, 0.1) is 0 Å². The average Bonchev–Trinajstić information content (AvgIpc) is 2.21. The van der Waals surface area contributed by atoms with E-state index in [-0.39, 0.29) is 12.1 Å². The number of esters is 1. The Morgan fingerprint density at radius 1 is 1.53 bits per heavy atom. The summed E-state index contributed by atoms with van der Waals surface area (Å²) in [5.74, 6) is 0.838. The molecule has 1 saturated carbocycles. The molecular formula is C11H21NO2S. The van der Waals surface area contributed by atoms with Crippen LogP contribution < -0.4 is 5.73 Å². The molecule has 3 unspecified atom stereocenters. The van der Waals surface area contributed by atoms with E-state index in [9.17, 15) is 4.79 Å². The van der Waals surface area contributed by atoms with Crippen LogP contribution in [-0.2, 0) is 9.53 Å². The van der Waals surface area contributed by atoms with Crippen LogP contribution in [0.2, 0.25) is 0 Å². The van der Waals surface area contributed by atoms with Gasteiger partial charge in [0.2, 0.25) is 0 Å². The van der Waals surface area contributed by atoms with E-state index in [1.807, 2.05) is 0 Å². The van der Waals surface area contributed by atoms with Crippen LogP contribution in [0.3, 0.4) is 0 Å². The molecule has 2 N–H and O–H groups in total. The van der Waals surface area contributed by atoms with Gasteiger partial charge in [-0.3, -0.25) is 4.79 Å². The maximum Gasteiger partial charge on any atom is 0.323 e. The Kier molecular flexibility index (Phi) is 5.47. The first-order valence-corrected chi connectivity index (χ1v) is 6.35. The second-order valence-corrected chi connectivity index (χ2v) is 4.80. The van der Waals surface area contributed by atoms with Crippen molar-refractivity contribution in [3.05, 3.63) is 0 Å². The molecule has 0 bridgehead atoms. The molecule has 4 heteroatoms. The second kappa shape index (κ2) is 6.38. The number of carbonyl (C=O) groups excluding carboxylic acids is 1. The summed E-state index contributed by atoms with van der Waals surface area (Å²) in [5.41, 5.74) is 5.67. The van der Waals surface area contributed by atoms with E-state index < -0.39 is 6.04 Å². The maximum atomic E-state index is 11.6. The molecular weight excluding hydrogens is 210 g/mol. The largest absolute Gasteiger partial charge is 0.461 e. The van der Waals surface area contributed by atoms with Crippen LogP contribution in [-0.4, -0.2) is 23.9 Å². The normalized spacial score (nSPS) is 28.5. The van der Waals surface area contributed by atoms with Gasteiger partial charge in [0.15, 0.2) is 0 Å². The number of hydrogen-bond acceptors (Lipinski definition) is 4. The molecule has 1 aliphatic carbocycles. The van der Waals surface area contributed by atoms with Crippen molar-refractivity contribution >= 4 is 18.6 Å². The zero-order valence-electron chi connectivity index (χ0n) is 9.32. The van der Waals surface area contributed by atoms with Gasteiger partial charge >= 0.3 is 5.97 Å². The van der Waals surface area contributed by atoms with E-state index in [1.165, 1.54) is 6.42 Å². The molecule has 0 radical (unpaired) electrons. The molecule has 15 heavy (non-hydrogen) atoms. The molecule has 3 atom stereocenters. The minimum atomic E-state index is -0.503. The van der Waals surface area contributed by atoms with Gasteiger partial charge in [-0.05, 0) is 37.4 Å². The molecule has 0 aromatic carbocycles. The van der Waals surface area contributed by atoms with Crippen molar-refractivity contribution in [3.8, 4) is 0 Å². The summed E-state index contributed by atoms with van der Waals surface area (Å²) >= 11 is 4.05. The van der Waals surface area contributed by atoms with Crippen LogP contribution in [0.25, 0.3) is 0 Å². The first kappa shape index (κ1) is 12.8. The Morgan fingerprint density at radius 2 is 2.20 bits per heavy atom. The second-order valence-electron chi connectivity index (χ2n) is 4.36. The number of rotatable bonds is 4. The zero-order chi connectivity index (χ0) is 11.3. The van der Waals surface area contributed by atoms with E-state index in [4.69, 9.17) is 10.5 Å². The van der Waals surface area contributed by atoms with E-state index in [1.54, 1.807) is 0 Å². The lowest BCUT2D eigenvalue weighted by Gasteiger charge is -2.29. The minimum Gasteiger partial charge on any atom is -0.461 e. The number of carbonyl (C=O) groups is 1. The Balaban J connectivity index is 2.35. The van der Waals surface area contributed by atoms with Crippen LogP contribution in [0.5, 0.6) is 0 Å². The van der Waals surface area contributed by atoms with Crippen molar-refractivity contribution < 1.29 is 9.53 Å². The highest BCUT2D eigenvalue weighted by molar-refractivity contribution is 7.80. The van der Waals surface area contributed by atoms with E-state index in [2.05, 4.69) is 19.6 Å². The molecule has 1 aliphatic rings. The lowest BCUT2D eigenvalue weighted by Crippen LogP contribution is -2.38. The molecule has 0 aliphatic heterocycles. The predicted octanol–water partition coefficient (Wildman–Crippen LogP) is 1.76. The average molecular weight is 231 g/mol. The van der Waals surface area contributed by atoms with Crippen molar-refractivity contribution in [2.45, 2.75) is 51.2 Å². The molecule has 0 amide bonds. The minimum absolute atomic E-state index is 0.0808. The van der Waals surface area contributed by atoms with Crippen LogP contribution in [0, 0.1) is 5.92 Å². The van der Waals surface area contributed by atoms with Gasteiger partial charge in [-0.1, -0.05) is 13.3 Å². The lowest BCUT2D eigenvalue weighted by atomic mass is 9.88. The number of thiol groups is 1. The summed E-state index contributed by atoms with van der Waals surface area (Å²) < 4.78 is 5.42. The maximum absolute atomic E-state index is 11.6. The number of nitrogens with two attached hydrogens (primary N) is 1. The smallest absolute Gasteiger partial charge is 0.323 e. The van der Waals surface area contributed by atoms with Crippen LogP contribution in [0.1, 0.15) is 39.0 Å². The SMILES string of the molecule is CC1CCCCC1OC(=O)C(N)CCS. The monoisotopic (exact) mass is 231 g/mol. The van der Waals surface area contributed by atoms with Crippen LogP contribution in [0.4, 0.5) is 0 Å². The van der Waals surface area contributed by atoms with E-state index >= 15 is 0 Å². The molecule has 0 saturated heterocycles. The molecule has 0 heterocycles. The summed E-state index contributed by atoms with van der Waals surface area (Å²) in [6.45, 7) is 2.14. The fourth-order valence-electron chi connectivity index (χ4n) is 1.95. The molecule has 3 nitrogen and oxygen atoms in total. The first-order chi connectivity index (χ1) is 7.15. The van der Waals surface area contributed by atoms with Gasteiger partial charge in [0.1, 0.15) is 12.1 Å². The summed E-state index contributed by atoms with van der Waals surface area (Å²) in [6, 6.07) is -0.503. The van der Waals surface area contributed by atoms with Crippen molar-refractivity contribution in [2.75, 3.05) is 5.75 Å². The van der Waals surface area contributed by atoms with Crippen molar-refractivity contribution in [1.29, 1.82) is 0 Å². The molecule has 0 spiro atoms. The van der Waals surface area contributed by atoms with Gasteiger partial charge in [-0.15, -0.1) is 0 Å². The van der Waals surface area contributed by atoms with Gasteiger partial charge in [-0.25, -0.2) is 0 Å². The Labute approximate surface area is 97.2 Å². The van der Waals surface area contributed by atoms with Crippen molar-refractivity contribution in [3.63, 3.8) is 0 Å². The van der Waals surface area contributed by atoms with Gasteiger partial charge in [-0.2, -0.15) is 12.6 Å². The molecule has 0 aromatic rings. The highest BCUT2D eigenvalue weighted by atomic mass is 32.1. The van der Waals surface area contributed by atoms with Crippen molar-refractivity contribution in [1.82, 2.24) is 0 Å². The molecule has 1 rings (SSSR count). The Morgan fingerprint density at radius 3 is 2.80 bits per heavy atom. The fraction of sp³-hybridized carbons (Fsp3) is 0.909. The third-order valence-electron chi connectivity index (χ3n) is 3.04. The predicted molar refractivity (Wildman–Crippen MR) is 64.0 cm³/mol. The third-order valence-corrected chi connectivity index (χ3v) is 3.30. The third kappa shape index (κ3) is 4.03. The topological polar surface area (TPSA) is 52.3 Å². The fourth-order valence-corrected chi connectivity index (χ4v) is 2.23. The lowest BCUT2D eigenvalue weighted by molar-refractivity contribution is -0.154. The van der Waals surface area contributed by atoms with Gasteiger partial charge in [0.25, 0.3) is 0 Å². The number of ether oxygens (including phenoxy) is 1. The zero-order valence-corrected chi connectivity index (χ0v) is 10.2. The summed E-state index contributed by atoms with van der Waals surface area (Å²) in [4.78, 5) is 11.6. The summed E-state index contributed by atoms with van der Waals surface area (Å²) in [6.07, 6.45) is 5.21. The standard InChI is InChI=1S/C11H21NO2S/c1-8-4-2-3-5-10(8)14-11(13)9(12)6-7-15/h8-10,15H,2-7,12H2,1H3. The Bertz CT molecular complexity index is 211. The van der Waals surface area contributed by atoms with Crippen molar-refractivity contribution in [2.24, 2.45) is 11.7 Å². The highest BCUT2D eigenvalue weighted by Gasteiger charge is 2.26. The molecule has 1 fully saturated rings. The molecule has 0 aromatic heterocycles. The molecule has 88 valence electrons. The number of hydrogen-bond donors (Lipinski definition) is 2. The van der Waals surface area contributed by atoms with E-state index in [0.29, 0.717) is 18.1 Å². The summed E-state index contributed by atoms with van der Waals surface area (Å²) in [5, 5.41) is 0. The van der Waals surface area contributed by atoms with Gasteiger partial charge in [0, 0.05) is 0 Å². The van der Waals surface area contributed by atoms with Crippen LogP contribution >= 0.6 is 12.6 Å². The summed E-state index contributed by atoms with van der Waals surface area (Å²) in [7, 11) is 0. The van der Waals surface area contributed by atoms with Crippen LogP contribution in [0.15, 0.2) is 0 Å². The Hall–Kier alpha value is -0.220. The van der Waals surface area contributed by atoms with E-state index in [0.717, 1.165) is 19.3 Å².